The topological polar surface area (TPSA) is 92.5 Å². The summed E-state index contributed by atoms with van der Waals surface area (Å²) in [6, 6.07) is 6.08. The summed E-state index contributed by atoms with van der Waals surface area (Å²) >= 11 is 0. The van der Waals surface area contributed by atoms with Crippen molar-refractivity contribution in [3.8, 4) is 0 Å². The first kappa shape index (κ1) is 17.6. The molecule has 118 valence electrons. The van der Waals surface area contributed by atoms with E-state index in [1.807, 2.05) is 13.8 Å². The SMILES string of the molecule is CC(C)C(CN)C(=O)Nc1ccc(S(=O)(=O)N(C)C)cc1. The Balaban J connectivity index is 2.87. The summed E-state index contributed by atoms with van der Waals surface area (Å²) in [5.74, 6) is -0.283. The van der Waals surface area contributed by atoms with Crippen molar-refractivity contribution in [2.24, 2.45) is 17.6 Å². The Bertz CT molecular complexity index is 580. The second-order valence-electron chi connectivity index (χ2n) is 5.39. The van der Waals surface area contributed by atoms with Crippen LogP contribution in [0.2, 0.25) is 0 Å². The molecule has 6 nitrogen and oxygen atoms in total. The molecular weight excluding hydrogens is 290 g/mol. The van der Waals surface area contributed by atoms with Crippen molar-refractivity contribution in [1.29, 1.82) is 0 Å². The summed E-state index contributed by atoms with van der Waals surface area (Å²) in [7, 11) is -0.512. The van der Waals surface area contributed by atoms with Gasteiger partial charge in [0.1, 0.15) is 0 Å². The number of carbonyl (C=O) groups is 1. The lowest BCUT2D eigenvalue weighted by molar-refractivity contribution is -0.120. The van der Waals surface area contributed by atoms with Crippen LogP contribution in [0, 0.1) is 11.8 Å². The summed E-state index contributed by atoms with van der Waals surface area (Å²) in [5.41, 5.74) is 6.15. The molecule has 1 atom stereocenters. The average molecular weight is 313 g/mol. The Labute approximate surface area is 126 Å². The van der Waals surface area contributed by atoms with Gasteiger partial charge in [-0.1, -0.05) is 13.8 Å². The zero-order chi connectivity index (χ0) is 16.2. The molecule has 0 saturated heterocycles. The van der Waals surface area contributed by atoms with Crippen LogP contribution in [0.25, 0.3) is 0 Å². The number of nitrogens with zero attached hydrogens (tertiary/aromatic N) is 1. The van der Waals surface area contributed by atoms with Crippen molar-refractivity contribution < 1.29 is 13.2 Å². The first-order chi connectivity index (χ1) is 9.70. The minimum Gasteiger partial charge on any atom is -0.330 e. The first-order valence-electron chi connectivity index (χ1n) is 6.73. The minimum atomic E-state index is -3.46. The van der Waals surface area contributed by atoms with Gasteiger partial charge < -0.3 is 11.1 Å². The molecule has 0 spiro atoms. The Morgan fingerprint density at radius 1 is 1.24 bits per heavy atom. The van der Waals surface area contributed by atoms with Crippen LogP contribution in [0.4, 0.5) is 5.69 Å². The van der Waals surface area contributed by atoms with E-state index in [-0.39, 0.29) is 29.2 Å². The van der Waals surface area contributed by atoms with E-state index in [0.717, 1.165) is 4.31 Å². The predicted molar refractivity (Wildman–Crippen MR) is 83.3 cm³/mol. The third-order valence-electron chi connectivity index (χ3n) is 3.30. The molecule has 0 aromatic heterocycles. The molecule has 0 fully saturated rings. The number of anilines is 1. The number of benzene rings is 1. The molecule has 1 aromatic rings. The van der Waals surface area contributed by atoms with Gasteiger partial charge in [-0.15, -0.1) is 0 Å². The lowest BCUT2D eigenvalue weighted by Crippen LogP contribution is -2.33. The van der Waals surface area contributed by atoms with E-state index in [9.17, 15) is 13.2 Å². The van der Waals surface area contributed by atoms with Gasteiger partial charge in [-0.25, -0.2) is 12.7 Å². The number of carbonyl (C=O) groups excluding carboxylic acids is 1. The lowest BCUT2D eigenvalue weighted by Gasteiger charge is -2.18. The van der Waals surface area contributed by atoms with E-state index in [2.05, 4.69) is 5.32 Å². The Morgan fingerprint density at radius 3 is 2.14 bits per heavy atom. The van der Waals surface area contributed by atoms with Gasteiger partial charge in [0.15, 0.2) is 0 Å². The van der Waals surface area contributed by atoms with Gasteiger partial charge >= 0.3 is 0 Å². The van der Waals surface area contributed by atoms with Gasteiger partial charge in [0.05, 0.1) is 10.8 Å². The Hall–Kier alpha value is -1.44. The Kier molecular flexibility index (Phi) is 5.88. The van der Waals surface area contributed by atoms with Crippen molar-refractivity contribution in [2.45, 2.75) is 18.7 Å². The zero-order valence-corrected chi connectivity index (χ0v) is 13.6. The Morgan fingerprint density at radius 2 is 1.76 bits per heavy atom. The number of nitrogens with one attached hydrogen (secondary N) is 1. The predicted octanol–water partition coefficient (Wildman–Crippen LogP) is 1.11. The molecule has 0 aliphatic rings. The number of hydrogen-bond donors (Lipinski definition) is 2. The van der Waals surface area contributed by atoms with Gasteiger partial charge in [-0.3, -0.25) is 4.79 Å². The number of sulfonamides is 1. The summed E-state index contributed by atoms with van der Waals surface area (Å²) in [6.45, 7) is 4.14. The van der Waals surface area contributed by atoms with Crippen molar-refractivity contribution in [3.63, 3.8) is 0 Å². The highest BCUT2D eigenvalue weighted by molar-refractivity contribution is 7.89. The van der Waals surface area contributed by atoms with Gasteiger partial charge in [-0.2, -0.15) is 0 Å². The highest BCUT2D eigenvalue weighted by Gasteiger charge is 2.21. The zero-order valence-electron chi connectivity index (χ0n) is 12.8. The first-order valence-corrected chi connectivity index (χ1v) is 8.17. The van der Waals surface area contributed by atoms with Gasteiger partial charge in [0.2, 0.25) is 15.9 Å². The van der Waals surface area contributed by atoms with E-state index >= 15 is 0 Å². The molecule has 21 heavy (non-hydrogen) atoms. The molecule has 1 rings (SSSR count). The fourth-order valence-electron chi connectivity index (χ4n) is 1.84. The fourth-order valence-corrected chi connectivity index (χ4v) is 2.74. The van der Waals surface area contributed by atoms with Crippen LogP contribution in [0.15, 0.2) is 29.2 Å². The molecule has 0 saturated carbocycles. The van der Waals surface area contributed by atoms with Crippen LogP contribution in [0.3, 0.4) is 0 Å². The summed E-state index contributed by atoms with van der Waals surface area (Å²) in [4.78, 5) is 12.2. The molecule has 0 bridgehead atoms. The highest BCUT2D eigenvalue weighted by Crippen LogP contribution is 2.18. The normalized spacial score (nSPS) is 13.5. The molecule has 0 heterocycles. The molecule has 3 N–H and O–H groups in total. The average Bonchev–Trinajstić information content (AvgIpc) is 2.39. The van der Waals surface area contributed by atoms with E-state index in [1.165, 1.54) is 26.2 Å². The maximum absolute atomic E-state index is 12.1. The van der Waals surface area contributed by atoms with Crippen LogP contribution >= 0.6 is 0 Å². The number of hydrogen-bond acceptors (Lipinski definition) is 4. The highest BCUT2D eigenvalue weighted by atomic mass is 32.2. The van der Waals surface area contributed by atoms with E-state index in [1.54, 1.807) is 12.1 Å². The molecule has 0 radical (unpaired) electrons. The van der Waals surface area contributed by atoms with E-state index in [0.29, 0.717) is 5.69 Å². The van der Waals surface area contributed by atoms with Gasteiger partial charge in [-0.05, 0) is 30.2 Å². The maximum atomic E-state index is 12.1. The van der Waals surface area contributed by atoms with Crippen molar-refractivity contribution in [1.82, 2.24) is 4.31 Å². The molecule has 1 aromatic carbocycles. The maximum Gasteiger partial charge on any atom is 0.242 e. The second-order valence-corrected chi connectivity index (χ2v) is 7.54. The van der Waals surface area contributed by atoms with Crippen molar-refractivity contribution >= 4 is 21.6 Å². The van der Waals surface area contributed by atoms with Crippen molar-refractivity contribution in [3.05, 3.63) is 24.3 Å². The third kappa shape index (κ3) is 4.26. The molecule has 1 unspecified atom stereocenters. The van der Waals surface area contributed by atoms with E-state index < -0.39 is 10.0 Å². The molecule has 7 heteroatoms. The van der Waals surface area contributed by atoms with Gasteiger partial charge in [0.25, 0.3) is 0 Å². The number of rotatable bonds is 6. The van der Waals surface area contributed by atoms with Crippen LogP contribution in [0.1, 0.15) is 13.8 Å². The fraction of sp³-hybridized carbons (Fsp3) is 0.500. The third-order valence-corrected chi connectivity index (χ3v) is 5.13. The quantitative estimate of drug-likeness (QED) is 0.822. The molecular formula is C14H23N3O3S. The number of nitrogens with two attached hydrogens (primary N) is 1. The van der Waals surface area contributed by atoms with Gasteiger partial charge in [0, 0.05) is 26.3 Å². The summed E-state index contributed by atoms with van der Waals surface area (Å²) in [6.07, 6.45) is 0. The smallest absolute Gasteiger partial charge is 0.242 e. The monoisotopic (exact) mass is 313 g/mol. The summed E-state index contributed by atoms with van der Waals surface area (Å²) in [5, 5.41) is 2.75. The second kappa shape index (κ2) is 7.02. The largest absolute Gasteiger partial charge is 0.330 e. The van der Waals surface area contributed by atoms with Crippen LogP contribution < -0.4 is 11.1 Å². The van der Waals surface area contributed by atoms with Crippen molar-refractivity contribution in [2.75, 3.05) is 26.0 Å². The van der Waals surface area contributed by atoms with Crippen LogP contribution in [0.5, 0.6) is 0 Å². The summed E-state index contributed by atoms with van der Waals surface area (Å²) < 4.78 is 25.0. The molecule has 0 aliphatic heterocycles. The van der Waals surface area contributed by atoms with E-state index in [4.69, 9.17) is 5.73 Å². The molecule has 0 aliphatic carbocycles. The van der Waals surface area contributed by atoms with Crippen LogP contribution in [-0.4, -0.2) is 39.3 Å². The van der Waals surface area contributed by atoms with Crippen LogP contribution in [-0.2, 0) is 14.8 Å². The molecule has 1 amide bonds. The standard InChI is InChI=1S/C14H23N3O3S/c1-10(2)13(9-15)14(18)16-11-5-7-12(8-6-11)21(19,20)17(3)4/h5-8,10,13H,9,15H2,1-4H3,(H,16,18). The minimum absolute atomic E-state index is 0.142. The lowest BCUT2D eigenvalue weighted by atomic mass is 9.95. The number of amides is 1.